The van der Waals surface area contributed by atoms with Crippen LogP contribution in [0, 0.1) is 5.92 Å². The number of pyridine rings is 2. The van der Waals surface area contributed by atoms with Crippen molar-refractivity contribution < 1.29 is 4.79 Å². The molecule has 6 rings (SSSR count). The summed E-state index contributed by atoms with van der Waals surface area (Å²) in [4.78, 5) is 35.1. The second-order valence-electron chi connectivity index (χ2n) is 10.4. The summed E-state index contributed by atoms with van der Waals surface area (Å²) in [7, 11) is 0. The molecular formula is C29H32N8O. The van der Waals surface area contributed by atoms with E-state index in [1.807, 2.05) is 19.2 Å². The number of aliphatic imine (C=N–C) groups is 1. The number of nitrogens with one attached hydrogen (secondary N) is 3. The molecule has 1 atom stereocenters. The minimum atomic E-state index is -0.136. The SMILES string of the molecule is CC1CCC(NC(=O)c2ccnc3nc(C4=NC(C)Nc5ccc(-c6cncc(CN)c6)cc54)[nH]c23)CC1. The Morgan fingerprint density at radius 1 is 1.08 bits per heavy atom. The van der Waals surface area contributed by atoms with E-state index >= 15 is 0 Å². The van der Waals surface area contributed by atoms with E-state index in [0.29, 0.717) is 29.1 Å². The first-order valence-electron chi connectivity index (χ1n) is 13.3. The Bertz CT molecular complexity index is 1530. The Morgan fingerprint density at radius 2 is 1.92 bits per heavy atom. The van der Waals surface area contributed by atoms with Crippen LogP contribution in [0.3, 0.4) is 0 Å². The Balaban J connectivity index is 1.35. The Morgan fingerprint density at radius 3 is 2.74 bits per heavy atom. The fraction of sp³-hybridized carbons (Fsp3) is 0.345. The summed E-state index contributed by atoms with van der Waals surface area (Å²) in [5.74, 6) is 1.21. The van der Waals surface area contributed by atoms with Gasteiger partial charge in [0.25, 0.3) is 5.91 Å². The zero-order valence-electron chi connectivity index (χ0n) is 21.7. The highest BCUT2D eigenvalue weighted by molar-refractivity contribution is 6.17. The van der Waals surface area contributed by atoms with E-state index in [4.69, 9.17) is 15.7 Å². The highest BCUT2D eigenvalue weighted by Crippen LogP contribution is 2.31. The zero-order chi connectivity index (χ0) is 26.2. The number of imidazole rings is 1. The van der Waals surface area contributed by atoms with Crippen molar-refractivity contribution in [3.05, 3.63) is 71.4 Å². The highest BCUT2D eigenvalue weighted by Gasteiger charge is 2.25. The van der Waals surface area contributed by atoms with Crippen LogP contribution in [0.4, 0.5) is 5.69 Å². The van der Waals surface area contributed by atoms with Gasteiger partial charge in [0.15, 0.2) is 11.5 Å². The molecule has 38 heavy (non-hydrogen) atoms. The van der Waals surface area contributed by atoms with E-state index in [0.717, 1.165) is 65.3 Å². The average molecular weight is 509 g/mol. The average Bonchev–Trinajstić information content (AvgIpc) is 3.38. The molecule has 5 N–H and O–H groups in total. The number of H-pyrrole nitrogens is 1. The minimum absolute atomic E-state index is 0.0947. The molecule has 0 bridgehead atoms. The van der Waals surface area contributed by atoms with Gasteiger partial charge in [0, 0.05) is 48.0 Å². The van der Waals surface area contributed by atoms with Crippen molar-refractivity contribution in [3.63, 3.8) is 0 Å². The first kappa shape index (κ1) is 24.2. The number of hydrogen-bond acceptors (Lipinski definition) is 7. The second kappa shape index (κ2) is 9.98. The van der Waals surface area contributed by atoms with E-state index in [1.165, 1.54) is 0 Å². The van der Waals surface area contributed by atoms with Crippen molar-refractivity contribution in [2.24, 2.45) is 16.6 Å². The fourth-order valence-corrected chi connectivity index (χ4v) is 5.39. The fourth-order valence-electron chi connectivity index (χ4n) is 5.39. The molecule has 3 aromatic heterocycles. The molecule has 2 aliphatic rings. The Kier molecular flexibility index (Phi) is 6.37. The number of carbonyl (C=O) groups excluding carboxylic acids is 1. The smallest absolute Gasteiger partial charge is 0.253 e. The lowest BCUT2D eigenvalue weighted by molar-refractivity contribution is 0.0924. The number of fused-ring (bicyclic) bond motifs is 2. The molecule has 4 heterocycles. The standard InChI is InChI=1S/C29H32N8O/c1-16-3-6-21(7-4-16)35-29(38)22-9-10-32-27-25(22)36-28(37-27)26-23-12-19(5-8-24(23)33-17(2)34-26)20-11-18(13-30)14-31-15-20/h5,8-12,14-17,21,33H,3-4,6-7,13,30H2,1-2H3,(H,35,38)(H,32,36,37). The molecular weight excluding hydrogens is 476 g/mol. The number of amides is 1. The molecule has 1 amide bonds. The van der Waals surface area contributed by atoms with Gasteiger partial charge in [-0.2, -0.15) is 0 Å². The molecule has 1 aromatic carbocycles. The van der Waals surface area contributed by atoms with Crippen LogP contribution in [0.5, 0.6) is 0 Å². The van der Waals surface area contributed by atoms with Gasteiger partial charge < -0.3 is 21.4 Å². The molecule has 9 heteroatoms. The Labute approximate surface area is 221 Å². The van der Waals surface area contributed by atoms with Crippen LogP contribution in [0.15, 0.2) is 53.9 Å². The summed E-state index contributed by atoms with van der Waals surface area (Å²) < 4.78 is 0. The number of anilines is 1. The quantitative estimate of drug-likeness (QED) is 0.316. The van der Waals surface area contributed by atoms with Crippen LogP contribution >= 0.6 is 0 Å². The lowest BCUT2D eigenvalue weighted by atomic mass is 9.87. The van der Waals surface area contributed by atoms with Crippen molar-refractivity contribution in [2.75, 3.05) is 5.32 Å². The molecule has 1 unspecified atom stereocenters. The van der Waals surface area contributed by atoms with Gasteiger partial charge in [-0.15, -0.1) is 0 Å². The molecule has 1 saturated carbocycles. The summed E-state index contributed by atoms with van der Waals surface area (Å²) in [5, 5.41) is 6.65. The maximum Gasteiger partial charge on any atom is 0.253 e. The van der Waals surface area contributed by atoms with Crippen LogP contribution < -0.4 is 16.4 Å². The summed E-state index contributed by atoms with van der Waals surface area (Å²) in [5.41, 5.74) is 13.1. The first-order chi connectivity index (χ1) is 18.5. The highest BCUT2D eigenvalue weighted by atomic mass is 16.1. The summed E-state index contributed by atoms with van der Waals surface area (Å²) in [6.07, 6.45) is 9.43. The predicted octanol–water partition coefficient (Wildman–Crippen LogP) is 4.40. The maximum absolute atomic E-state index is 13.3. The van der Waals surface area contributed by atoms with Crippen LogP contribution in [0.2, 0.25) is 0 Å². The second-order valence-corrected chi connectivity index (χ2v) is 10.4. The molecule has 9 nitrogen and oxygen atoms in total. The number of nitrogens with two attached hydrogens (primary N) is 1. The van der Waals surface area contributed by atoms with Crippen molar-refractivity contribution in [3.8, 4) is 11.1 Å². The number of benzene rings is 1. The van der Waals surface area contributed by atoms with E-state index < -0.39 is 0 Å². The van der Waals surface area contributed by atoms with Crippen LogP contribution in [-0.2, 0) is 6.54 Å². The molecule has 0 spiro atoms. The van der Waals surface area contributed by atoms with Gasteiger partial charge in [0.2, 0.25) is 0 Å². The largest absolute Gasteiger partial charge is 0.363 e. The van der Waals surface area contributed by atoms with E-state index in [-0.39, 0.29) is 18.1 Å². The minimum Gasteiger partial charge on any atom is -0.363 e. The third-order valence-electron chi connectivity index (χ3n) is 7.54. The van der Waals surface area contributed by atoms with E-state index in [2.05, 4.69) is 50.7 Å². The van der Waals surface area contributed by atoms with Crippen molar-refractivity contribution in [2.45, 2.75) is 58.3 Å². The van der Waals surface area contributed by atoms with Crippen molar-refractivity contribution in [1.29, 1.82) is 0 Å². The van der Waals surface area contributed by atoms with Gasteiger partial charge in [0.1, 0.15) is 11.9 Å². The summed E-state index contributed by atoms with van der Waals surface area (Å²) >= 11 is 0. The molecule has 0 saturated heterocycles. The van der Waals surface area contributed by atoms with Gasteiger partial charge in [-0.3, -0.25) is 14.8 Å². The third-order valence-corrected chi connectivity index (χ3v) is 7.54. The van der Waals surface area contributed by atoms with Gasteiger partial charge in [-0.1, -0.05) is 13.0 Å². The van der Waals surface area contributed by atoms with Crippen molar-refractivity contribution >= 4 is 28.5 Å². The molecule has 1 aliphatic carbocycles. The number of aromatic amines is 1. The van der Waals surface area contributed by atoms with Crippen LogP contribution in [-0.4, -0.2) is 43.8 Å². The molecule has 194 valence electrons. The van der Waals surface area contributed by atoms with E-state index in [9.17, 15) is 4.79 Å². The number of rotatable bonds is 5. The van der Waals surface area contributed by atoms with E-state index in [1.54, 1.807) is 18.5 Å². The lowest BCUT2D eigenvalue weighted by Gasteiger charge is -2.26. The van der Waals surface area contributed by atoms with Crippen LogP contribution in [0.25, 0.3) is 22.3 Å². The number of hydrogen-bond donors (Lipinski definition) is 4. The van der Waals surface area contributed by atoms with Gasteiger partial charge in [-0.05, 0) is 73.9 Å². The summed E-state index contributed by atoms with van der Waals surface area (Å²) in [6, 6.07) is 10.2. The molecule has 4 aromatic rings. The zero-order valence-corrected chi connectivity index (χ0v) is 21.7. The molecule has 1 fully saturated rings. The predicted molar refractivity (Wildman–Crippen MR) is 149 cm³/mol. The topological polar surface area (TPSA) is 134 Å². The molecule has 0 radical (unpaired) electrons. The van der Waals surface area contributed by atoms with Crippen molar-refractivity contribution in [1.82, 2.24) is 25.3 Å². The van der Waals surface area contributed by atoms with Gasteiger partial charge in [0.05, 0.1) is 11.1 Å². The number of carbonyl (C=O) groups is 1. The monoisotopic (exact) mass is 508 g/mol. The summed E-state index contributed by atoms with van der Waals surface area (Å²) in [6.45, 7) is 4.70. The Hall–Kier alpha value is -4.11. The third kappa shape index (κ3) is 4.65. The molecule has 1 aliphatic heterocycles. The number of aromatic nitrogens is 4. The van der Waals surface area contributed by atoms with Gasteiger partial charge in [-0.25, -0.2) is 9.97 Å². The lowest BCUT2D eigenvalue weighted by Crippen LogP contribution is -2.37. The maximum atomic E-state index is 13.3. The normalized spacial score (nSPS) is 20.9. The van der Waals surface area contributed by atoms with Crippen LogP contribution in [0.1, 0.15) is 66.8 Å². The van der Waals surface area contributed by atoms with Gasteiger partial charge >= 0.3 is 0 Å². The number of nitrogens with zero attached hydrogens (tertiary/aromatic N) is 4. The first-order valence-corrected chi connectivity index (χ1v) is 13.3.